The topological polar surface area (TPSA) is 35.9 Å². The highest BCUT2D eigenvalue weighted by Gasteiger charge is 2.18. The monoisotopic (exact) mass is 482 g/mol. The van der Waals surface area contributed by atoms with Crippen molar-refractivity contribution >= 4 is 5.71 Å². The largest absolute Gasteiger partial charge is 0.394 e. The molecule has 0 radical (unpaired) electrons. The van der Waals surface area contributed by atoms with Gasteiger partial charge in [-0.05, 0) is 87.4 Å². The number of aryl methyl sites for hydroxylation is 1. The van der Waals surface area contributed by atoms with Gasteiger partial charge in [0.05, 0.1) is 0 Å². The summed E-state index contributed by atoms with van der Waals surface area (Å²) < 4.78 is 0. The van der Waals surface area contributed by atoms with E-state index in [1.165, 1.54) is 27.8 Å². The molecule has 0 spiro atoms. The molecule has 2 rings (SSSR count). The Hall–Kier alpha value is -3.39. The van der Waals surface area contributed by atoms with Gasteiger partial charge < -0.3 is 10.7 Å². The van der Waals surface area contributed by atoms with Gasteiger partial charge in [-0.25, -0.2) is 0 Å². The maximum Gasteiger partial charge on any atom is 0.0311 e. The molecule has 0 heterocycles. The fraction of sp³-hybridized carbons (Fsp3) is 0.324. The van der Waals surface area contributed by atoms with Crippen LogP contribution in [-0.4, -0.2) is 12.8 Å². The molecule has 0 aromatic heterocycles. The quantitative estimate of drug-likeness (QED) is 0.229. The smallest absolute Gasteiger partial charge is 0.0311 e. The van der Waals surface area contributed by atoms with Gasteiger partial charge in [0.25, 0.3) is 0 Å². The maximum atomic E-state index is 7.87. The average molecular weight is 483 g/mol. The van der Waals surface area contributed by atoms with Crippen LogP contribution in [0.1, 0.15) is 70.1 Å². The third kappa shape index (κ3) is 10.9. The molecule has 0 saturated carbocycles. The summed E-state index contributed by atoms with van der Waals surface area (Å²) in [5, 5.41) is 10.6. The lowest BCUT2D eigenvalue weighted by atomic mass is 9.82. The minimum absolute atomic E-state index is 0.274. The van der Waals surface area contributed by atoms with Crippen molar-refractivity contribution < 1.29 is 0 Å². The average Bonchev–Trinajstić information content (AvgIpc) is 2.89. The van der Waals surface area contributed by atoms with Crippen LogP contribution in [0.4, 0.5) is 0 Å². The molecule has 2 aromatic carbocycles. The van der Waals surface area contributed by atoms with E-state index in [2.05, 4.69) is 112 Å². The zero-order valence-corrected chi connectivity index (χ0v) is 23.3. The van der Waals surface area contributed by atoms with Gasteiger partial charge in [-0.15, -0.1) is 0 Å². The first-order valence-electron chi connectivity index (χ1n) is 12.9. The van der Waals surface area contributed by atoms with Gasteiger partial charge in [-0.1, -0.05) is 104 Å². The molecule has 0 saturated heterocycles. The van der Waals surface area contributed by atoms with Crippen LogP contribution in [0.25, 0.3) is 0 Å². The van der Waals surface area contributed by atoms with Gasteiger partial charge in [0.15, 0.2) is 0 Å². The highest BCUT2D eigenvalue weighted by molar-refractivity contribution is 5.95. The third-order valence-electron chi connectivity index (χ3n) is 6.36. The van der Waals surface area contributed by atoms with E-state index in [1.54, 1.807) is 6.20 Å². The molecule has 192 valence electrons. The van der Waals surface area contributed by atoms with Crippen LogP contribution in [0.15, 0.2) is 114 Å². The van der Waals surface area contributed by atoms with E-state index in [0.717, 1.165) is 36.8 Å². The van der Waals surface area contributed by atoms with E-state index < -0.39 is 0 Å². The van der Waals surface area contributed by atoms with E-state index in [1.807, 2.05) is 20.9 Å². The first kappa shape index (κ1) is 30.6. The second-order valence-electron chi connectivity index (χ2n) is 9.18. The van der Waals surface area contributed by atoms with Crippen molar-refractivity contribution in [2.75, 3.05) is 7.05 Å². The number of benzene rings is 2. The molecule has 1 atom stereocenters. The highest BCUT2D eigenvalue weighted by atomic mass is 14.8. The molecule has 2 N–H and O–H groups in total. The predicted molar refractivity (Wildman–Crippen MR) is 161 cm³/mol. The number of allylic oxidation sites excluding steroid dienone is 7. The van der Waals surface area contributed by atoms with Crippen LogP contribution < -0.4 is 5.32 Å². The summed E-state index contributed by atoms with van der Waals surface area (Å²) >= 11 is 0. The lowest BCUT2D eigenvalue weighted by molar-refractivity contribution is 0.792. The van der Waals surface area contributed by atoms with Gasteiger partial charge in [-0.2, -0.15) is 0 Å². The SMILES string of the molecule is C=C(C)/C(=C\C=C(\C)CC)C(Cc1ccc(CC/C(=C\C)C(C)=N)cc1)c1ccccc1.C=CNC. The van der Waals surface area contributed by atoms with Crippen molar-refractivity contribution in [1.29, 1.82) is 5.41 Å². The lowest BCUT2D eigenvalue weighted by Gasteiger charge is -2.22. The molecule has 1 unspecified atom stereocenters. The minimum atomic E-state index is 0.274. The number of hydrogen-bond acceptors (Lipinski definition) is 2. The Morgan fingerprint density at radius 3 is 2.03 bits per heavy atom. The Balaban J connectivity index is 0.00000150. The van der Waals surface area contributed by atoms with Crippen LogP contribution in [0.2, 0.25) is 0 Å². The van der Waals surface area contributed by atoms with Crippen molar-refractivity contribution in [2.45, 2.75) is 66.2 Å². The molecule has 0 bridgehead atoms. The summed E-state index contributed by atoms with van der Waals surface area (Å²) in [6.45, 7) is 18.0. The normalized spacial score (nSPS) is 12.8. The van der Waals surface area contributed by atoms with Crippen LogP contribution in [0.5, 0.6) is 0 Å². The van der Waals surface area contributed by atoms with E-state index in [-0.39, 0.29) is 5.92 Å². The van der Waals surface area contributed by atoms with Crippen molar-refractivity contribution in [1.82, 2.24) is 5.32 Å². The van der Waals surface area contributed by atoms with Crippen LogP contribution in [0, 0.1) is 5.41 Å². The molecule has 2 heteroatoms. The second kappa shape index (κ2) is 17.1. The molecular formula is C34H46N2. The lowest BCUT2D eigenvalue weighted by Crippen LogP contribution is -2.08. The maximum absolute atomic E-state index is 7.87. The van der Waals surface area contributed by atoms with Crippen molar-refractivity contribution in [3.05, 3.63) is 131 Å². The van der Waals surface area contributed by atoms with Crippen LogP contribution in [0.3, 0.4) is 0 Å². The van der Waals surface area contributed by atoms with E-state index in [0.29, 0.717) is 5.71 Å². The van der Waals surface area contributed by atoms with Gasteiger partial charge in [-0.3, -0.25) is 0 Å². The van der Waals surface area contributed by atoms with Crippen molar-refractivity contribution in [2.24, 2.45) is 0 Å². The summed E-state index contributed by atoms with van der Waals surface area (Å²) in [5.74, 6) is 0.274. The van der Waals surface area contributed by atoms with E-state index in [9.17, 15) is 0 Å². The molecule has 0 aliphatic heterocycles. The Morgan fingerprint density at radius 2 is 1.56 bits per heavy atom. The van der Waals surface area contributed by atoms with Crippen LogP contribution in [-0.2, 0) is 12.8 Å². The zero-order valence-electron chi connectivity index (χ0n) is 23.3. The van der Waals surface area contributed by atoms with Gasteiger partial charge >= 0.3 is 0 Å². The Labute approximate surface area is 220 Å². The van der Waals surface area contributed by atoms with Gasteiger partial charge in [0.2, 0.25) is 0 Å². The summed E-state index contributed by atoms with van der Waals surface area (Å²) in [7, 11) is 1.81. The molecule has 2 aromatic rings. The second-order valence-corrected chi connectivity index (χ2v) is 9.18. The summed E-state index contributed by atoms with van der Waals surface area (Å²) in [4.78, 5) is 0. The predicted octanol–water partition coefficient (Wildman–Crippen LogP) is 9.14. The summed E-state index contributed by atoms with van der Waals surface area (Å²) in [6.07, 6.45) is 12.1. The fourth-order valence-electron chi connectivity index (χ4n) is 3.90. The molecule has 36 heavy (non-hydrogen) atoms. The molecule has 0 aliphatic rings. The number of hydrogen-bond donors (Lipinski definition) is 2. The Morgan fingerprint density at radius 1 is 0.972 bits per heavy atom. The third-order valence-corrected chi connectivity index (χ3v) is 6.36. The molecule has 2 nitrogen and oxygen atoms in total. The van der Waals surface area contributed by atoms with Gasteiger partial charge in [0.1, 0.15) is 0 Å². The Bertz CT molecular complexity index is 1050. The molecule has 0 aliphatic carbocycles. The van der Waals surface area contributed by atoms with Gasteiger partial charge in [0, 0.05) is 18.7 Å². The summed E-state index contributed by atoms with van der Waals surface area (Å²) in [5.41, 5.74) is 9.58. The minimum Gasteiger partial charge on any atom is -0.394 e. The zero-order chi connectivity index (χ0) is 26.9. The van der Waals surface area contributed by atoms with Crippen LogP contribution >= 0.6 is 0 Å². The Kier molecular flexibility index (Phi) is 14.6. The fourth-order valence-corrected chi connectivity index (χ4v) is 3.90. The van der Waals surface area contributed by atoms with Crippen molar-refractivity contribution in [3.8, 4) is 0 Å². The van der Waals surface area contributed by atoms with Crippen molar-refractivity contribution in [3.63, 3.8) is 0 Å². The first-order valence-corrected chi connectivity index (χ1v) is 12.9. The van der Waals surface area contributed by atoms with E-state index in [4.69, 9.17) is 5.41 Å². The molecule has 0 amide bonds. The molecular weight excluding hydrogens is 436 g/mol. The van der Waals surface area contributed by atoms with E-state index >= 15 is 0 Å². The molecule has 0 fully saturated rings. The number of nitrogens with one attached hydrogen (secondary N) is 2. The number of rotatable bonds is 12. The standard InChI is InChI=1S/C31H39N.C3H7N/c1-7-24(5)14-21-30(23(3)4)31(29-12-10-9-11-13-29)22-27-17-15-26(16-18-27)19-20-28(8-2)25(6)32;1-3-4-2/h8-18,21,31-32H,3,7,19-20,22H2,1-2,4-6H3;3-4H,1H2,2H3/b24-14-,28-8+,30-21+,32-25?;. The first-order chi connectivity index (χ1) is 17.3. The highest BCUT2D eigenvalue weighted by Crippen LogP contribution is 2.33. The summed E-state index contributed by atoms with van der Waals surface area (Å²) in [6, 6.07) is 19.8.